The van der Waals surface area contributed by atoms with Gasteiger partial charge in [0.05, 0.1) is 6.61 Å². The van der Waals surface area contributed by atoms with Crippen molar-refractivity contribution in [3.63, 3.8) is 0 Å². The van der Waals surface area contributed by atoms with Crippen molar-refractivity contribution in [1.29, 1.82) is 0 Å². The number of hydrogen-bond donors (Lipinski definition) is 2. The maximum absolute atomic E-state index is 10.5. The standard InChI is InChI=1S/C4H8N2O2/c5-3-1-2-8-6-4(3)7/h3H,1-2,5H2,(H,6,7)/p+1. The van der Waals surface area contributed by atoms with Crippen LogP contribution in [0.25, 0.3) is 0 Å². The summed E-state index contributed by atoms with van der Waals surface area (Å²) in [6.45, 7) is 0.583. The smallest absolute Gasteiger partial charge is 0.301 e. The van der Waals surface area contributed by atoms with E-state index in [9.17, 15) is 4.79 Å². The van der Waals surface area contributed by atoms with E-state index < -0.39 is 0 Å². The van der Waals surface area contributed by atoms with Gasteiger partial charge in [0.1, 0.15) is 0 Å². The van der Waals surface area contributed by atoms with Gasteiger partial charge in [0, 0.05) is 6.42 Å². The lowest BCUT2D eigenvalue weighted by Gasteiger charge is -2.14. The van der Waals surface area contributed by atoms with Gasteiger partial charge in [-0.2, -0.15) is 0 Å². The van der Waals surface area contributed by atoms with Crippen LogP contribution in [0.3, 0.4) is 0 Å². The van der Waals surface area contributed by atoms with Crippen molar-refractivity contribution in [2.75, 3.05) is 6.61 Å². The van der Waals surface area contributed by atoms with Crippen LogP contribution < -0.4 is 11.2 Å². The molecule has 1 atom stereocenters. The number of hydroxylamine groups is 1. The molecule has 0 aromatic heterocycles. The molecule has 0 aliphatic carbocycles. The number of hydrogen-bond acceptors (Lipinski definition) is 2. The Bertz CT molecular complexity index is 104. The van der Waals surface area contributed by atoms with Gasteiger partial charge in [0.25, 0.3) is 0 Å². The molecule has 4 heteroatoms. The van der Waals surface area contributed by atoms with E-state index in [4.69, 9.17) is 0 Å². The third kappa shape index (κ3) is 0.962. The molecule has 1 fully saturated rings. The fourth-order valence-corrected chi connectivity index (χ4v) is 0.538. The van der Waals surface area contributed by atoms with Crippen LogP contribution in [0.5, 0.6) is 0 Å². The zero-order valence-corrected chi connectivity index (χ0v) is 4.52. The zero-order chi connectivity index (χ0) is 5.98. The summed E-state index contributed by atoms with van der Waals surface area (Å²) >= 11 is 0. The van der Waals surface area contributed by atoms with Crippen molar-refractivity contribution in [2.45, 2.75) is 12.5 Å². The maximum atomic E-state index is 10.5. The molecule has 1 amide bonds. The molecule has 4 N–H and O–H groups in total. The van der Waals surface area contributed by atoms with Crippen molar-refractivity contribution in [3.05, 3.63) is 0 Å². The Kier molecular flexibility index (Phi) is 1.45. The molecule has 0 radical (unpaired) electrons. The van der Waals surface area contributed by atoms with E-state index in [0.29, 0.717) is 6.61 Å². The second-order valence-corrected chi connectivity index (χ2v) is 1.80. The molecule has 8 heavy (non-hydrogen) atoms. The fourth-order valence-electron chi connectivity index (χ4n) is 0.538. The lowest BCUT2D eigenvalue weighted by molar-refractivity contribution is -0.412. The van der Waals surface area contributed by atoms with Gasteiger partial charge >= 0.3 is 5.91 Å². The van der Waals surface area contributed by atoms with Gasteiger partial charge in [0.15, 0.2) is 6.04 Å². The van der Waals surface area contributed by atoms with Crippen LogP contribution in [0.4, 0.5) is 0 Å². The van der Waals surface area contributed by atoms with E-state index in [2.05, 4.69) is 16.1 Å². The Balaban J connectivity index is 2.39. The topological polar surface area (TPSA) is 66.0 Å². The first-order valence-corrected chi connectivity index (χ1v) is 2.55. The summed E-state index contributed by atoms with van der Waals surface area (Å²) < 4.78 is 0. The number of carbonyl (C=O) groups is 1. The Morgan fingerprint density at radius 3 is 3.00 bits per heavy atom. The largest absolute Gasteiger partial charge is 0.347 e. The number of amides is 1. The van der Waals surface area contributed by atoms with Crippen molar-refractivity contribution >= 4 is 5.91 Å². The lowest BCUT2D eigenvalue weighted by Crippen LogP contribution is -2.69. The lowest BCUT2D eigenvalue weighted by atomic mass is 10.2. The maximum Gasteiger partial charge on any atom is 0.301 e. The molecular weight excluding hydrogens is 108 g/mol. The highest BCUT2D eigenvalue weighted by Crippen LogP contribution is 1.91. The van der Waals surface area contributed by atoms with Gasteiger partial charge in [-0.25, -0.2) is 5.48 Å². The minimum atomic E-state index is -0.122. The molecule has 46 valence electrons. The number of nitrogens with one attached hydrogen (secondary N) is 1. The predicted molar refractivity (Wildman–Crippen MR) is 25.4 cm³/mol. The van der Waals surface area contributed by atoms with E-state index in [1.807, 2.05) is 0 Å². The molecule has 4 nitrogen and oxygen atoms in total. The van der Waals surface area contributed by atoms with Crippen LogP contribution in [0.15, 0.2) is 0 Å². The first-order valence-electron chi connectivity index (χ1n) is 2.55. The third-order valence-electron chi connectivity index (χ3n) is 1.11. The molecule has 0 bridgehead atoms. The molecule has 0 aromatic carbocycles. The van der Waals surface area contributed by atoms with Crippen LogP contribution in [0, 0.1) is 0 Å². The second kappa shape index (κ2) is 2.11. The van der Waals surface area contributed by atoms with Crippen LogP contribution in [0.1, 0.15) is 6.42 Å². The molecule has 0 saturated carbocycles. The molecular formula is C4H9N2O2+. The van der Waals surface area contributed by atoms with Crippen molar-refractivity contribution < 1.29 is 15.4 Å². The van der Waals surface area contributed by atoms with Gasteiger partial charge < -0.3 is 5.73 Å². The Hall–Kier alpha value is -0.610. The minimum absolute atomic E-state index is 0.115. The first-order chi connectivity index (χ1) is 3.80. The van der Waals surface area contributed by atoms with Gasteiger partial charge in [-0.15, -0.1) is 0 Å². The molecule has 1 rings (SSSR count). The van der Waals surface area contributed by atoms with Gasteiger partial charge in [-0.05, 0) is 0 Å². The van der Waals surface area contributed by atoms with Crippen molar-refractivity contribution in [3.8, 4) is 0 Å². The average Bonchev–Trinajstić information content (AvgIpc) is 1.77. The van der Waals surface area contributed by atoms with E-state index in [1.165, 1.54) is 0 Å². The Morgan fingerprint density at radius 2 is 2.62 bits per heavy atom. The van der Waals surface area contributed by atoms with E-state index in [0.717, 1.165) is 6.42 Å². The van der Waals surface area contributed by atoms with Gasteiger partial charge in [0.2, 0.25) is 0 Å². The van der Waals surface area contributed by atoms with Crippen LogP contribution in [0.2, 0.25) is 0 Å². The second-order valence-electron chi connectivity index (χ2n) is 1.80. The molecule has 1 saturated heterocycles. The third-order valence-corrected chi connectivity index (χ3v) is 1.11. The molecule has 1 aliphatic heterocycles. The monoisotopic (exact) mass is 117 g/mol. The summed E-state index contributed by atoms with van der Waals surface area (Å²) in [6, 6.07) is -0.122. The summed E-state index contributed by atoms with van der Waals surface area (Å²) in [5, 5.41) is 0. The quantitative estimate of drug-likeness (QED) is 0.387. The van der Waals surface area contributed by atoms with Crippen LogP contribution in [-0.4, -0.2) is 18.6 Å². The number of rotatable bonds is 0. The summed E-state index contributed by atoms with van der Waals surface area (Å²) in [5.41, 5.74) is 5.82. The Morgan fingerprint density at radius 1 is 1.88 bits per heavy atom. The summed E-state index contributed by atoms with van der Waals surface area (Å²) in [7, 11) is 0. The van der Waals surface area contributed by atoms with Crippen molar-refractivity contribution in [2.24, 2.45) is 0 Å². The van der Waals surface area contributed by atoms with Gasteiger partial charge in [-0.1, -0.05) is 0 Å². The summed E-state index contributed by atoms with van der Waals surface area (Å²) in [5.74, 6) is -0.115. The highest BCUT2D eigenvalue weighted by molar-refractivity contribution is 5.79. The van der Waals surface area contributed by atoms with E-state index in [1.54, 1.807) is 0 Å². The molecule has 1 aliphatic rings. The van der Waals surface area contributed by atoms with Gasteiger partial charge in [-0.3, -0.25) is 9.63 Å². The SMILES string of the molecule is [NH3+]C1CCONC1=O. The van der Waals surface area contributed by atoms with Crippen molar-refractivity contribution in [1.82, 2.24) is 5.48 Å². The highest BCUT2D eigenvalue weighted by atomic mass is 16.7. The normalized spacial score (nSPS) is 29.6. The summed E-state index contributed by atoms with van der Waals surface area (Å²) in [6.07, 6.45) is 0.728. The fraction of sp³-hybridized carbons (Fsp3) is 0.750. The number of quaternary nitrogens is 1. The summed E-state index contributed by atoms with van der Waals surface area (Å²) in [4.78, 5) is 15.1. The molecule has 1 heterocycles. The molecule has 1 unspecified atom stereocenters. The van der Waals surface area contributed by atoms with Crippen LogP contribution in [-0.2, 0) is 9.63 Å². The van der Waals surface area contributed by atoms with E-state index in [-0.39, 0.29) is 11.9 Å². The zero-order valence-electron chi connectivity index (χ0n) is 4.52. The van der Waals surface area contributed by atoms with Crippen LogP contribution >= 0.6 is 0 Å². The highest BCUT2D eigenvalue weighted by Gasteiger charge is 2.20. The minimum Gasteiger partial charge on any atom is -0.347 e. The first kappa shape index (κ1) is 5.53. The molecule has 0 aromatic rings. The average molecular weight is 117 g/mol. The predicted octanol–water partition coefficient (Wildman–Crippen LogP) is -1.95. The Labute approximate surface area is 46.9 Å². The van der Waals surface area contributed by atoms with E-state index >= 15 is 0 Å². The molecule has 0 spiro atoms. The number of carbonyl (C=O) groups excluding carboxylic acids is 1.